The van der Waals surface area contributed by atoms with E-state index in [1.54, 1.807) is 0 Å². The molecule has 0 atom stereocenters. The molecule has 28 heavy (non-hydrogen) atoms. The Morgan fingerprint density at radius 3 is 1.96 bits per heavy atom. The second-order valence-corrected chi connectivity index (χ2v) is 7.73. The molecule has 0 amide bonds. The van der Waals surface area contributed by atoms with E-state index in [2.05, 4.69) is 20.3 Å². The Kier molecular flexibility index (Phi) is 24.3. The molecule has 0 radical (unpaired) electrons. The van der Waals surface area contributed by atoms with E-state index < -0.39 is 10.4 Å². The quantitative estimate of drug-likeness (QED) is 0.117. The minimum absolute atomic E-state index is 0. The molecule has 164 valence electrons. The summed E-state index contributed by atoms with van der Waals surface area (Å²) in [6.07, 6.45) is 13.1. The largest absolute Gasteiger partial charge is 1.00 e. The first kappa shape index (κ1) is 30.7. The van der Waals surface area contributed by atoms with E-state index in [9.17, 15) is 13.2 Å². The molecule has 7 nitrogen and oxygen atoms in total. The van der Waals surface area contributed by atoms with Gasteiger partial charge in [0.25, 0.3) is 0 Å². The number of ether oxygens (including phenoxy) is 1. The van der Waals surface area contributed by atoms with Crippen LogP contribution < -0.4 is 29.6 Å². The maximum atomic E-state index is 11.8. The van der Waals surface area contributed by atoms with Gasteiger partial charge in [0, 0.05) is 19.4 Å². The molecule has 0 aromatic carbocycles. The summed E-state index contributed by atoms with van der Waals surface area (Å²) in [5.41, 5.74) is 0. The van der Waals surface area contributed by atoms with E-state index in [1.165, 1.54) is 51.9 Å². The van der Waals surface area contributed by atoms with Crippen LogP contribution in [0.2, 0.25) is 0 Å². The van der Waals surface area contributed by atoms with Gasteiger partial charge in [-0.15, -0.1) is 0 Å². The van der Waals surface area contributed by atoms with Crippen LogP contribution in [0.3, 0.4) is 0 Å². The average molecular weight is 435 g/mol. The van der Waals surface area contributed by atoms with Gasteiger partial charge < -0.3 is 6.16 Å². The Labute approximate surface area is 195 Å². The molecule has 0 fully saturated rings. The average Bonchev–Trinajstić information content (AvgIpc) is 2.62. The number of carbonyl (C=O) groups excluding carboxylic acids is 1. The smallest absolute Gasteiger partial charge is 1.00 e. The molecule has 0 N–H and O–H groups in total. The summed E-state index contributed by atoms with van der Waals surface area (Å²) >= 11 is 0. The second-order valence-electron chi connectivity index (χ2n) is 6.54. The third-order valence-corrected chi connectivity index (χ3v) is 4.80. The molecular formula is C19H39NaO7S. The number of carbonyl (C=O) groups is 1. The zero-order chi connectivity index (χ0) is 20.2. The Morgan fingerprint density at radius 2 is 1.36 bits per heavy atom. The molecule has 0 aromatic rings. The van der Waals surface area contributed by atoms with Crippen LogP contribution in [-0.2, 0) is 33.3 Å². The monoisotopic (exact) mass is 434 g/mol. The molecule has 0 unspecified atom stereocenters. The summed E-state index contributed by atoms with van der Waals surface area (Å²) in [6.45, 7) is 4.33. The van der Waals surface area contributed by atoms with E-state index in [-0.39, 0.29) is 56.6 Å². The first-order valence-electron chi connectivity index (χ1n) is 10.3. The van der Waals surface area contributed by atoms with Crippen molar-refractivity contribution in [3.8, 4) is 0 Å². The molecule has 9 heteroatoms. The summed E-state index contributed by atoms with van der Waals surface area (Å²) < 4.78 is 35.7. The SMILES string of the molecule is CCCCCCCCCCCC(=O)CCCOCCOOS(=O)(=O)OCC.[H-].[Na+]. The minimum Gasteiger partial charge on any atom is -1.00 e. The number of ketones is 1. The first-order chi connectivity index (χ1) is 13.0. The summed E-state index contributed by atoms with van der Waals surface area (Å²) in [6, 6.07) is 0. The first-order valence-corrected chi connectivity index (χ1v) is 11.6. The molecule has 0 aliphatic heterocycles. The standard InChI is InChI=1S/C19H38O7S.Na.H/c1-3-5-6-7-8-9-10-11-12-14-19(20)15-13-16-23-17-18-24-26-27(21,22)25-4-2;;/h3-18H2,1-2H3;;/q;+1;-1. The van der Waals surface area contributed by atoms with Gasteiger partial charge >= 0.3 is 40.0 Å². The van der Waals surface area contributed by atoms with Crippen LogP contribution in [0.1, 0.15) is 92.3 Å². The van der Waals surface area contributed by atoms with Crippen LogP contribution in [0.15, 0.2) is 0 Å². The number of hydrogen-bond acceptors (Lipinski definition) is 7. The molecule has 0 saturated heterocycles. The van der Waals surface area contributed by atoms with Crippen molar-refractivity contribution in [3.63, 3.8) is 0 Å². The normalized spacial score (nSPS) is 11.4. The fourth-order valence-corrected chi connectivity index (χ4v) is 3.10. The van der Waals surface area contributed by atoms with Crippen molar-refractivity contribution in [1.29, 1.82) is 0 Å². The zero-order valence-corrected chi connectivity index (χ0v) is 20.9. The van der Waals surface area contributed by atoms with E-state index >= 15 is 0 Å². The van der Waals surface area contributed by atoms with Crippen molar-refractivity contribution in [2.75, 3.05) is 26.4 Å². The van der Waals surface area contributed by atoms with Gasteiger partial charge in [0.2, 0.25) is 0 Å². The third-order valence-electron chi connectivity index (χ3n) is 4.01. The van der Waals surface area contributed by atoms with Crippen LogP contribution in [0, 0.1) is 0 Å². The van der Waals surface area contributed by atoms with E-state index in [0.717, 1.165) is 12.8 Å². The van der Waals surface area contributed by atoms with Gasteiger partial charge in [0.05, 0.1) is 13.2 Å². The molecule has 0 heterocycles. The van der Waals surface area contributed by atoms with Gasteiger partial charge in [-0.2, -0.15) is 8.42 Å². The van der Waals surface area contributed by atoms with Gasteiger partial charge in [-0.1, -0.05) is 62.6 Å². The van der Waals surface area contributed by atoms with Gasteiger partial charge in [-0.3, -0.25) is 4.79 Å². The number of unbranched alkanes of at least 4 members (excludes halogenated alkanes) is 8. The fourth-order valence-electron chi connectivity index (χ4n) is 2.58. The van der Waals surface area contributed by atoms with Gasteiger partial charge in [0.1, 0.15) is 12.4 Å². The van der Waals surface area contributed by atoms with Gasteiger partial charge in [-0.25, -0.2) is 9.07 Å². The molecule has 0 bridgehead atoms. The summed E-state index contributed by atoms with van der Waals surface area (Å²) in [4.78, 5) is 16.3. The van der Waals surface area contributed by atoms with E-state index in [1.807, 2.05) is 0 Å². The Balaban J connectivity index is -0.00000338. The van der Waals surface area contributed by atoms with E-state index in [4.69, 9.17) is 4.74 Å². The van der Waals surface area contributed by atoms with Crippen LogP contribution >= 0.6 is 0 Å². The van der Waals surface area contributed by atoms with Crippen molar-refractivity contribution in [1.82, 2.24) is 0 Å². The maximum absolute atomic E-state index is 11.8. The van der Waals surface area contributed by atoms with Crippen molar-refractivity contribution in [3.05, 3.63) is 0 Å². The summed E-state index contributed by atoms with van der Waals surface area (Å²) in [5.74, 6) is 0.281. The number of hydrogen-bond donors (Lipinski definition) is 0. The summed E-state index contributed by atoms with van der Waals surface area (Å²) in [7, 11) is -4.08. The van der Waals surface area contributed by atoms with Crippen LogP contribution in [-0.4, -0.2) is 40.6 Å². The molecule has 0 aliphatic carbocycles. The van der Waals surface area contributed by atoms with Crippen molar-refractivity contribution in [2.45, 2.75) is 90.9 Å². The van der Waals surface area contributed by atoms with Gasteiger partial charge in [0.15, 0.2) is 0 Å². The van der Waals surface area contributed by atoms with Crippen LogP contribution in [0.5, 0.6) is 0 Å². The minimum atomic E-state index is -4.08. The molecule has 0 rings (SSSR count). The fraction of sp³-hybridized carbons (Fsp3) is 0.947. The maximum Gasteiger partial charge on any atom is 1.00 e. The topological polar surface area (TPSA) is 88.1 Å². The molecule has 0 spiro atoms. The predicted octanol–water partition coefficient (Wildman–Crippen LogP) is 1.62. The van der Waals surface area contributed by atoms with Crippen LogP contribution in [0.25, 0.3) is 0 Å². The molecule has 0 saturated carbocycles. The zero-order valence-electron chi connectivity index (χ0n) is 19.1. The Bertz CT molecular complexity index is 450. The van der Waals surface area contributed by atoms with Crippen molar-refractivity contribution < 1.29 is 62.3 Å². The molecule has 0 aromatic heterocycles. The van der Waals surface area contributed by atoms with Crippen LogP contribution in [0.4, 0.5) is 0 Å². The van der Waals surface area contributed by atoms with Crippen molar-refractivity contribution in [2.24, 2.45) is 0 Å². The predicted molar refractivity (Wildman–Crippen MR) is 106 cm³/mol. The molecular weight excluding hydrogens is 395 g/mol. The molecule has 0 aliphatic rings. The number of Topliss-reactive ketones (excluding diaryl/α,β-unsaturated/α-hetero) is 1. The van der Waals surface area contributed by atoms with E-state index in [0.29, 0.717) is 25.9 Å². The Hall–Kier alpha value is 0.460. The number of rotatable bonds is 21. The van der Waals surface area contributed by atoms with Gasteiger partial charge in [-0.05, 0) is 19.8 Å². The summed E-state index contributed by atoms with van der Waals surface area (Å²) in [5, 5.41) is 0. The second kappa shape index (κ2) is 22.2. The Morgan fingerprint density at radius 1 is 0.786 bits per heavy atom. The van der Waals surface area contributed by atoms with Crippen molar-refractivity contribution >= 4 is 16.2 Å². The third kappa shape index (κ3) is 22.7.